The van der Waals surface area contributed by atoms with Gasteiger partial charge in [-0.3, -0.25) is 4.72 Å². The van der Waals surface area contributed by atoms with Crippen molar-refractivity contribution in [3.63, 3.8) is 0 Å². The maximum Gasteiger partial charge on any atom is 0.263 e. The van der Waals surface area contributed by atoms with Crippen LogP contribution in [0.4, 0.5) is 5.69 Å². The Bertz CT molecular complexity index is 662. The van der Waals surface area contributed by atoms with Crippen molar-refractivity contribution >= 4 is 15.7 Å². The number of anilines is 1. The smallest absolute Gasteiger partial charge is 0.263 e. The minimum Gasteiger partial charge on any atom is -0.494 e. The topological polar surface area (TPSA) is 97.2 Å². The summed E-state index contributed by atoms with van der Waals surface area (Å²) in [5.41, 5.74) is 6.58. The normalized spacial score (nSPS) is 11.3. The minimum atomic E-state index is -3.61. The van der Waals surface area contributed by atoms with Crippen LogP contribution >= 0.6 is 0 Å². The van der Waals surface area contributed by atoms with Gasteiger partial charge in [-0.05, 0) is 37.3 Å². The van der Waals surface area contributed by atoms with Gasteiger partial charge in [-0.1, -0.05) is 0 Å². The third-order valence-electron chi connectivity index (χ3n) is 2.66. The summed E-state index contributed by atoms with van der Waals surface area (Å²) >= 11 is 0. The number of rotatable bonds is 6. The van der Waals surface area contributed by atoms with E-state index in [2.05, 4.69) is 9.71 Å². The Morgan fingerprint density at radius 1 is 1.30 bits per heavy atom. The van der Waals surface area contributed by atoms with E-state index in [9.17, 15) is 8.42 Å². The van der Waals surface area contributed by atoms with E-state index in [1.165, 1.54) is 12.3 Å². The lowest BCUT2D eigenvalue weighted by Crippen LogP contribution is -2.12. The number of hydrogen-bond donors (Lipinski definition) is 3. The fourth-order valence-corrected chi connectivity index (χ4v) is 2.77. The molecule has 0 aliphatic carbocycles. The molecule has 4 N–H and O–H groups in total. The fourth-order valence-electron chi connectivity index (χ4n) is 1.69. The lowest BCUT2D eigenvalue weighted by molar-refractivity contribution is 0.340. The van der Waals surface area contributed by atoms with Crippen molar-refractivity contribution in [2.24, 2.45) is 5.73 Å². The maximum absolute atomic E-state index is 12.1. The Balaban J connectivity index is 2.15. The van der Waals surface area contributed by atoms with E-state index in [4.69, 9.17) is 10.5 Å². The second-order valence-electron chi connectivity index (χ2n) is 4.13. The summed E-state index contributed by atoms with van der Waals surface area (Å²) in [7, 11) is -3.61. The largest absolute Gasteiger partial charge is 0.494 e. The van der Waals surface area contributed by atoms with Crippen molar-refractivity contribution in [3.8, 4) is 5.75 Å². The highest BCUT2D eigenvalue weighted by Gasteiger charge is 2.15. The van der Waals surface area contributed by atoms with E-state index >= 15 is 0 Å². The predicted octanol–water partition coefficient (Wildman–Crippen LogP) is 1.67. The molecule has 7 heteroatoms. The first-order chi connectivity index (χ1) is 9.55. The fraction of sp³-hybridized carbons (Fsp3) is 0.231. The quantitative estimate of drug-likeness (QED) is 0.755. The second kappa shape index (κ2) is 5.98. The van der Waals surface area contributed by atoms with Crippen LogP contribution in [0.3, 0.4) is 0 Å². The number of sulfonamides is 1. The van der Waals surface area contributed by atoms with Gasteiger partial charge < -0.3 is 15.5 Å². The molecule has 2 aromatic rings. The van der Waals surface area contributed by atoms with E-state index < -0.39 is 10.0 Å². The lowest BCUT2D eigenvalue weighted by atomic mass is 10.3. The van der Waals surface area contributed by atoms with Crippen LogP contribution in [0.1, 0.15) is 12.6 Å². The van der Waals surface area contributed by atoms with Crippen LogP contribution in [0.2, 0.25) is 0 Å². The molecule has 0 unspecified atom stereocenters. The standard InChI is InChI=1S/C13H17N3O3S/c1-2-19-12-5-3-10(4-6-12)16-20(17,18)13-7-11(8-14)15-9-13/h3-7,9,15-16H,2,8,14H2,1H3. The third-order valence-corrected chi connectivity index (χ3v) is 4.02. The van der Waals surface area contributed by atoms with Crippen molar-refractivity contribution in [3.05, 3.63) is 42.2 Å². The molecular formula is C13H17N3O3S. The first kappa shape index (κ1) is 14.4. The Morgan fingerprint density at radius 2 is 2.00 bits per heavy atom. The predicted molar refractivity (Wildman–Crippen MR) is 77.1 cm³/mol. The summed E-state index contributed by atoms with van der Waals surface area (Å²) < 4.78 is 32.1. The lowest BCUT2D eigenvalue weighted by Gasteiger charge is -2.07. The van der Waals surface area contributed by atoms with Gasteiger partial charge in [0.05, 0.1) is 6.61 Å². The molecule has 6 nitrogen and oxygen atoms in total. The van der Waals surface area contributed by atoms with Crippen molar-refractivity contribution in [1.82, 2.24) is 4.98 Å². The number of H-pyrrole nitrogens is 1. The minimum absolute atomic E-state index is 0.159. The molecule has 0 saturated heterocycles. The zero-order chi connectivity index (χ0) is 14.6. The number of aromatic nitrogens is 1. The highest BCUT2D eigenvalue weighted by Crippen LogP contribution is 2.19. The Hall–Kier alpha value is -1.99. The molecule has 0 saturated carbocycles. The first-order valence-corrected chi connectivity index (χ1v) is 7.66. The van der Waals surface area contributed by atoms with Gasteiger partial charge in [-0.2, -0.15) is 0 Å². The average molecular weight is 295 g/mol. The van der Waals surface area contributed by atoms with Gasteiger partial charge in [0.25, 0.3) is 10.0 Å². The summed E-state index contributed by atoms with van der Waals surface area (Å²) in [4.78, 5) is 2.97. The van der Waals surface area contributed by atoms with Gasteiger partial charge in [0.15, 0.2) is 0 Å². The molecule has 1 aromatic carbocycles. The van der Waals surface area contributed by atoms with Crippen LogP contribution in [-0.4, -0.2) is 20.0 Å². The molecule has 1 heterocycles. The highest BCUT2D eigenvalue weighted by molar-refractivity contribution is 7.92. The molecule has 0 radical (unpaired) electrons. The van der Waals surface area contributed by atoms with E-state index in [1.54, 1.807) is 24.3 Å². The number of nitrogens with two attached hydrogens (primary N) is 1. The molecule has 0 atom stereocenters. The number of benzene rings is 1. The van der Waals surface area contributed by atoms with Gasteiger partial charge in [0.1, 0.15) is 10.6 Å². The molecule has 1 aromatic heterocycles. The van der Waals surface area contributed by atoms with E-state index in [0.717, 1.165) is 0 Å². The summed E-state index contributed by atoms with van der Waals surface area (Å²) in [5, 5.41) is 0. The average Bonchev–Trinajstić information content (AvgIpc) is 2.91. The molecule has 20 heavy (non-hydrogen) atoms. The molecule has 0 bridgehead atoms. The van der Waals surface area contributed by atoms with Crippen LogP contribution in [0.25, 0.3) is 0 Å². The monoisotopic (exact) mass is 295 g/mol. The van der Waals surface area contributed by atoms with Gasteiger partial charge in [-0.25, -0.2) is 8.42 Å². The third kappa shape index (κ3) is 3.31. The van der Waals surface area contributed by atoms with Crippen molar-refractivity contribution in [2.45, 2.75) is 18.4 Å². The Labute approximate surface area is 118 Å². The number of ether oxygens (including phenoxy) is 1. The summed E-state index contributed by atoms with van der Waals surface area (Å²) in [6.07, 6.45) is 1.42. The van der Waals surface area contributed by atoms with Gasteiger partial charge >= 0.3 is 0 Å². The molecule has 108 valence electrons. The second-order valence-corrected chi connectivity index (χ2v) is 5.81. The SMILES string of the molecule is CCOc1ccc(NS(=O)(=O)c2c[nH]c(CN)c2)cc1. The summed E-state index contributed by atoms with van der Waals surface area (Å²) in [6, 6.07) is 8.24. The highest BCUT2D eigenvalue weighted by atomic mass is 32.2. The van der Waals surface area contributed by atoms with Crippen molar-refractivity contribution in [2.75, 3.05) is 11.3 Å². The van der Waals surface area contributed by atoms with Crippen LogP contribution in [0, 0.1) is 0 Å². The molecule has 0 spiro atoms. The zero-order valence-electron chi connectivity index (χ0n) is 11.1. The van der Waals surface area contributed by atoms with Gasteiger partial charge in [0.2, 0.25) is 0 Å². The number of hydrogen-bond acceptors (Lipinski definition) is 4. The zero-order valence-corrected chi connectivity index (χ0v) is 11.9. The Kier molecular flexibility index (Phi) is 4.31. The molecule has 0 amide bonds. The number of aromatic amines is 1. The van der Waals surface area contributed by atoms with Crippen molar-refractivity contribution < 1.29 is 13.2 Å². The maximum atomic E-state index is 12.1. The molecule has 0 aliphatic heterocycles. The Morgan fingerprint density at radius 3 is 2.55 bits per heavy atom. The first-order valence-electron chi connectivity index (χ1n) is 6.18. The molecular weight excluding hydrogens is 278 g/mol. The summed E-state index contributed by atoms with van der Waals surface area (Å²) in [6.45, 7) is 2.71. The van der Waals surface area contributed by atoms with E-state index in [-0.39, 0.29) is 11.4 Å². The molecule has 0 aliphatic rings. The van der Waals surface area contributed by atoms with Gasteiger partial charge in [-0.15, -0.1) is 0 Å². The van der Waals surface area contributed by atoms with Crippen molar-refractivity contribution in [1.29, 1.82) is 0 Å². The molecule has 2 rings (SSSR count). The van der Waals surface area contributed by atoms with Crippen LogP contribution < -0.4 is 15.2 Å². The summed E-state index contributed by atoms with van der Waals surface area (Å²) in [5.74, 6) is 0.697. The van der Waals surface area contributed by atoms with E-state index in [1.807, 2.05) is 6.92 Å². The number of nitrogens with one attached hydrogen (secondary N) is 2. The molecule has 0 fully saturated rings. The van der Waals surface area contributed by atoms with Crippen LogP contribution in [0.15, 0.2) is 41.4 Å². The van der Waals surface area contributed by atoms with Gasteiger partial charge in [0, 0.05) is 24.1 Å². The van der Waals surface area contributed by atoms with E-state index in [0.29, 0.717) is 23.7 Å². The van der Waals surface area contributed by atoms with Crippen LogP contribution in [-0.2, 0) is 16.6 Å². The van der Waals surface area contributed by atoms with Crippen LogP contribution in [0.5, 0.6) is 5.75 Å².